The summed E-state index contributed by atoms with van der Waals surface area (Å²) in [6.45, 7) is 0. The summed E-state index contributed by atoms with van der Waals surface area (Å²) < 4.78 is 7.71. The predicted octanol–water partition coefficient (Wildman–Crippen LogP) is 5.69. The standard InChI is InChI=1S/C26H20N2O/c1-29-25-16-6-5-14-22(25)27-18-17-23-21-13-7-9-19-10-8-15-24(26(19)21)28(23)20-11-3-2-4-12-20/h2-18H,1H3/b23-17+,27-18?. The molecule has 5 rings (SSSR count). The molecule has 5 aromatic rings. The highest BCUT2D eigenvalue weighted by molar-refractivity contribution is 6.12. The Morgan fingerprint density at radius 3 is 2.38 bits per heavy atom. The molecule has 0 N–H and O–H groups in total. The normalized spacial score (nSPS) is 12.4. The molecule has 0 atom stereocenters. The number of ether oxygens (including phenoxy) is 1. The van der Waals surface area contributed by atoms with E-state index in [4.69, 9.17) is 4.74 Å². The van der Waals surface area contributed by atoms with Crippen LogP contribution in [0.4, 0.5) is 5.69 Å². The number of benzene rings is 4. The zero-order chi connectivity index (χ0) is 19.6. The van der Waals surface area contributed by atoms with Crippen molar-refractivity contribution in [1.29, 1.82) is 0 Å². The molecule has 4 aromatic carbocycles. The van der Waals surface area contributed by atoms with Gasteiger partial charge in [-0.2, -0.15) is 0 Å². The first kappa shape index (κ1) is 17.3. The second-order valence-electron chi connectivity index (χ2n) is 6.85. The van der Waals surface area contributed by atoms with Crippen molar-refractivity contribution >= 4 is 39.7 Å². The van der Waals surface area contributed by atoms with E-state index in [9.17, 15) is 0 Å². The molecule has 1 aromatic heterocycles. The van der Waals surface area contributed by atoms with E-state index in [1.807, 2.05) is 36.5 Å². The van der Waals surface area contributed by atoms with Gasteiger partial charge in [-0.3, -0.25) is 4.99 Å². The fourth-order valence-electron chi connectivity index (χ4n) is 3.92. The van der Waals surface area contributed by atoms with Crippen LogP contribution in [-0.2, 0) is 0 Å². The monoisotopic (exact) mass is 376 g/mol. The fourth-order valence-corrected chi connectivity index (χ4v) is 3.92. The third-order valence-corrected chi connectivity index (χ3v) is 5.19. The first-order valence-electron chi connectivity index (χ1n) is 9.61. The molecule has 0 amide bonds. The van der Waals surface area contributed by atoms with Gasteiger partial charge in [0.2, 0.25) is 0 Å². The van der Waals surface area contributed by atoms with Crippen molar-refractivity contribution in [3.63, 3.8) is 0 Å². The topological polar surface area (TPSA) is 26.5 Å². The summed E-state index contributed by atoms with van der Waals surface area (Å²) in [5, 5.41) is 4.84. The molecule has 3 nitrogen and oxygen atoms in total. The number of para-hydroxylation sites is 3. The van der Waals surface area contributed by atoms with Crippen molar-refractivity contribution in [3.05, 3.63) is 96.3 Å². The molecule has 1 heterocycles. The molecule has 0 aliphatic rings. The lowest BCUT2D eigenvalue weighted by Crippen LogP contribution is -2.14. The zero-order valence-electron chi connectivity index (χ0n) is 16.1. The molecule has 0 saturated heterocycles. The summed E-state index contributed by atoms with van der Waals surface area (Å²) >= 11 is 0. The number of hydrogen-bond acceptors (Lipinski definition) is 2. The van der Waals surface area contributed by atoms with Gasteiger partial charge in [0.05, 0.1) is 18.0 Å². The summed E-state index contributed by atoms with van der Waals surface area (Å²) in [4.78, 5) is 4.64. The van der Waals surface area contributed by atoms with Gasteiger partial charge in [0, 0.05) is 22.7 Å². The largest absolute Gasteiger partial charge is 0.494 e. The van der Waals surface area contributed by atoms with Gasteiger partial charge in [-0.25, -0.2) is 0 Å². The van der Waals surface area contributed by atoms with Crippen LogP contribution in [0.25, 0.3) is 33.4 Å². The molecule has 0 spiro atoms. The molecule has 0 aliphatic carbocycles. The second kappa shape index (κ2) is 7.28. The molecule has 140 valence electrons. The minimum atomic E-state index is 0.763. The average Bonchev–Trinajstić information content (AvgIpc) is 3.10. The van der Waals surface area contributed by atoms with Crippen LogP contribution < -0.4 is 10.1 Å². The van der Waals surface area contributed by atoms with E-state index in [-0.39, 0.29) is 0 Å². The number of rotatable bonds is 4. The van der Waals surface area contributed by atoms with Gasteiger partial charge in [-0.1, -0.05) is 60.7 Å². The molecule has 0 fully saturated rings. The molecule has 0 unspecified atom stereocenters. The van der Waals surface area contributed by atoms with Gasteiger partial charge in [-0.15, -0.1) is 0 Å². The smallest absolute Gasteiger partial charge is 0.144 e. The summed E-state index contributed by atoms with van der Waals surface area (Å²) in [6.07, 6.45) is 3.93. The van der Waals surface area contributed by atoms with Gasteiger partial charge < -0.3 is 9.30 Å². The van der Waals surface area contributed by atoms with Crippen LogP contribution >= 0.6 is 0 Å². The van der Waals surface area contributed by atoms with E-state index in [0.717, 1.165) is 22.5 Å². The maximum absolute atomic E-state index is 5.41. The minimum absolute atomic E-state index is 0.763. The first-order chi connectivity index (χ1) is 14.4. The van der Waals surface area contributed by atoms with Crippen LogP contribution in [0.1, 0.15) is 0 Å². The lowest BCUT2D eigenvalue weighted by Gasteiger charge is -2.06. The number of methoxy groups -OCH3 is 1. The summed E-state index contributed by atoms with van der Waals surface area (Å²) in [6, 6.07) is 31.1. The van der Waals surface area contributed by atoms with Gasteiger partial charge in [0.1, 0.15) is 11.4 Å². The van der Waals surface area contributed by atoms with Crippen LogP contribution in [0.15, 0.2) is 96.0 Å². The summed E-state index contributed by atoms with van der Waals surface area (Å²) in [5.74, 6) is 0.763. The van der Waals surface area contributed by atoms with Crippen molar-refractivity contribution in [1.82, 2.24) is 4.57 Å². The van der Waals surface area contributed by atoms with E-state index in [1.54, 1.807) is 7.11 Å². The van der Waals surface area contributed by atoms with Crippen molar-refractivity contribution < 1.29 is 4.74 Å². The molecule has 0 bridgehead atoms. The fraction of sp³-hybridized carbons (Fsp3) is 0.0385. The number of nitrogens with zero attached hydrogens (tertiary/aromatic N) is 2. The minimum Gasteiger partial charge on any atom is -0.494 e. The Bertz CT molecular complexity index is 1380. The van der Waals surface area contributed by atoms with E-state index in [1.165, 1.54) is 21.7 Å². The number of aliphatic imine (C=N–C) groups is 1. The Morgan fingerprint density at radius 1 is 0.793 bits per heavy atom. The molecule has 0 saturated carbocycles. The Morgan fingerprint density at radius 2 is 1.55 bits per heavy atom. The van der Waals surface area contributed by atoms with E-state index in [2.05, 4.69) is 76.3 Å². The van der Waals surface area contributed by atoms with Crippen molar-refractivity contribution in [2.45, 2.75) is 0 Å². The van der Waals surface area contributed by atoms with Crippen molar-refractivity contribution in [2.24, 2.45) is 4.99 Å². The van der Waals surface area contributed by atoms with Crippen LogP contribution in [0.3, 0.4) is 0 Å². The van der Waals surface area contributed by atoms with E-state index in [0.29, 0.717) is 0 Å². The Hall–Kier alpha value is -3.85. The van der Waals surface area contributed by atoms with Crippen LogP contribution in [-0.4, -0.2) is 17.9 Å². The van der Waals surface area contributed by atoms with Gasteiger partial charge in [0.25, 0.3) is 0 Å². The maximum Gasteiger partial charge on any atom is 0.144 e. The van der Waals surface area contributed by atoms with Crippen LogP contribution in [0.2, 0.25) is 0 Å². The van der Waals surface area contributed by atoms with Gasteiger partial charge in [-0.05, 0) is 41.8 Å². The SMILES string of the molecule is COc1ccccc1N=C/C=c1\c2cccc3cccc(c32)n1-c1ccccc1. The van der Waals surface area contributed by atoms with Crippen molar-refractivity contribution in [2.75, 3.05) is 7.11 Å². The molecule has 29 heavy (non-hydrogen) atoms. The Kier molecular flexibility index (Phi) is 4.34. The molecule has 0 radical (unpaired) electrons. The van der Waals surface area contributed by atoms with E-state index < -0.39 is 0 Å². The second-order valence-corrected chi connectivity index (χ2v) is 6.85. The highest BCUT2D eigenvalue weighted by Crippen LogP contribution is 2.28. The molecular formula is C26H20N2O. The molecule has 3 heteroatoms. The quantitative estimate of drug-likeness (QED) is 0.370. The average molecular weight is 376 g/mol. The number of aromatic nitrogens is 1. The predicted molar refractivity (Wildman–Crippen MR) is 122 cm³/mol. The number of hydrogen-bond donors (Lipinski definition) is 0. The van der Waals surface area contributed by atoms with Gasteiger partial charge >= 0.3 is 0 Å². The lowest BCUT2D eigenvalue weighted by molar-refractivity contribution is 0.416. The maximum atomic E-state index is 5.41. The lowest BCUT2D eigenvalue weighted by atomic mass is 10.1. The Balaban J connectivity index is 1.78. The van der Waals surface area contributed by atoms with Crippen LogP contribution in [0.5, 0.6) is 5.75 Å². The highest BCUT2D eigenvalue weighted by atomic mass is 16.5. The third kappa shape index (κ3) is 2.97. The Labute approximate surface area is 169 Å². The van der Waals surface area contributed by atoms with Crippen molar-refractivity contribution in [3.8, 4) is 11.4 Å². The summed E-state index contributed by atoms with van der Waals surface area (Å²) in [7, 11) is 1.66. The summed E-state index contributed by atoms with van der Waals surface area (Å²) in [5.41, 5.74) is 3.14. The van der Waals surface area contributed by atoms with Gasteiger partial charge in [0.15, 0.2) is 0 Å². The van der Waals surface area contributed by atoms with E-state index >= 15 is 0 Å². The first-order valence-corrected chi connectivity index (χ1v) is 9.61. The highest BCUT2D eigenvalue weighted by Gasteiger charge is 2.12. The zero-order valence-corrected chi connectivity index (χ0v) is 16.1. The van der Waals surface area contributed by atoms with Crippen LogP contribution in [0, 0.1) is 0 Å². The molecule has 0 aliphatic heterocycles. The molecular weight excluding hydrogens is 356 g/mol. The third-order valence-electron chi connectivity index (χ3n) is 5.19.